The summed E-state index contributed by atoms with van der Waals surface area (Å²) in [7, 11) is 2.11. The summed E-state index contributed by atoms with van der Waals surface area (Å²) in [6.45, 7) is 1.54. The maximum atomic E-state index is 8.03. The van der Waals surface area contributed by atoms with Gasteiger partial charge in [-0.15, -0.1) is 4.57 Å². The van der Waals surface area contributed by atoms with Crippen molar-refractivity contribution in [3.63, 3.8) is 0 Å². The second kappa shape index (κ2) is 21.8. The van der Waals surface area contributed by atoms with Crippen LogP contribution in [-0.2, 0) is 46.7 Å². The molecule has 490 valence electrons. The molecule has 0 unspecified atom stereocenters. The lowest BCUT2D eigenvalue weighted by Gasteiger charge is -2.01. The Labute approximate surface area is 590 Å². The average Bonchev–Trinajstić information content (AvgIpc) is 1.56. The van der Waals surface area contributed by atoms with Crippen LogP contribution < -0.4 is 22.8 Å². The van der Waals surface area contributed by atoms with Crippen LogP contribution in [-0.4, -0.2) is 85.5 Å². The highest BCUT2D eigenvalue weighted by Crippen LogP contribution is 2.40. The second-order valence-corrected chi connectivity index (χ2v) is 26.9. The smallest absolute Gasteiger partial charge is 0.384 e. The number of benzene rings is 1. The van der Waals surface area contributed by atoms with E-state index in [1.807, 2.05) is 179 Å². The van der Waals surface area contributed by atoms with Gasteiger partial charge in [0.15, 0.2) is 35.2 Å². The van der Waals surface area contributed by atoms with Gasteiger partial charge < -0.3 is 22.0 Å². The Kier molecular flexibility index (Phi) is 11.5. The molecule has 0 aliphatic carbocycles. The molecule has 5 aliphatic rings. The Morgan fingerprint density at radius 3 is 1.61 bits per heavy atom. The van der Waals surface area contributed by atoms with Gasteiger partial charge >= 0.3 is 5.89 Å². The number of hydrogen-bond donors (Lipinski definition) is 0. The minimum Gasteiger partial charge on any atom is -0.396 e. The number of oxazole rings is 1. The van der Waals surface area contributed by atoms with Gasteiger partial charge in [0.25, 0.3) is 33.5 Å². The summed E-state index contributed by atoms with van der Waals surface area (Å²) in [5.74, 6) is 3.99. The fourth-order valence-corrected chi connectivity index (χ4v) is 17.3. The third-order valence-corrected chi connectivity index (χ3v) is 21.6. The molecule has 25 heterocycles. The monoisotopic (exact) mass is 1370 g/mol. The van der Waals surface area contributed by atoms with E-state index in [0.29, 0.717) is 17.9 Å². The highest BCUT2D eigenvalue weighted by atomic mass is 32.1. The van der Waals surface area contributed by atoms with Crippen molar-refractivity contribution >= 4 is 93.3 Å². The van der Waals surface area contributed by atoms with E-state index in [4.69, 9.17) is 8.53 Å². The number of hydrogen-bond acceptors (Lipinski definition) is 12. The third kappa shape index (κ3) is 8.35. The topological polar surface area (TPSA) is 198 Å². The van der Waals surface area contributed by atoms with Gasteiger partial charge in [0.05, 0.1) is 119 Å². The molecular formula is C78H56N23OS+5. The van der Waals surface area contributed by atoms with Gasteiger partial charge in [0.2, 0.25) is 16.6 Å². The van der Waals surface area contributed by atoms with E-state index in [1.165, 1.54) is 75.9 Å². The lowest BCUT2D eigenvalue weighted by molar-refractivity contribution is -0.649. The van der Waals surface area contributed by atoms with Crippen LogP contribution in [0.15, 0.2) is 250 Å². The van der Waals surface area contributed by atoms with Gasteiger partial charge in [0.1, 0.15) is 69.0 Å². The zero-order valence-electron chi connectivity index (χ0n) is 57.7. The third-order valence-electron chi connectivity index (χ3n) is 20.4. The molecule has 0 atom stereocenters. The van der Waals surface area contributed by atoms with Crippen LogP contribution in [0.2, 0.25) is 0 Å². The lowest BCUT2D eigenvalue weighted by atomic mass is 10.2. The molecule has 1 aromatic carbocycles. The van der Waals surface area contributed by atoms with Gasteiger partial charge in [0, 0.05) is 93.0 Å². The number of rotatable bonds is 1. The van der Waals surface area contributed by atoms with Crippen LogP contribution in [0.3, 0.4) is 0 Å². The highest BCUT2D eigenvalue weighted by molar-refractivity contribution is 7.21. The van der Waals surface area contributed by atoms with Gasteiger partial charge in [-0.25, -0.2) is 27.8 Å². The Hall–Kier alpha value is -13.8. The average molecular weight is 1370 g/mol. The van der Waals surface area contributed by atoms with Gasteiger partial charge in [-0.3, -0.25) is 49.3 Å². The maximum Gasteiger partial charge on any atom is 0.384 e. The maximum absolute atomic E-state index is 8.03. The predicted molar refractivity (Wildman–Crippen MR) is 384 cm³/mol. The van der Waals surface area contributed by atoms with Crippen molar-refractivity contribution in [2.75, 3.05) is 0 Å². The summed E-state index contributed by atoms with van der Waals surface area (Å²) in [4.78, 5) is 43.5. The summed E-state index contributed by atoms with van der Waals surface area (Å²) >= 11 is 1.83. The standard InChI is InChI=1S/C20H14N5.2C15H12N5.C14H9N4O.C14H9N4S/c1-2-5-14(6-3-1)25-18-13-23-10-9-21-11-17(23)19(18)24-12-16-15(20(24)25)7-4-8-22-16;1-18-14-12-4-6-16-9-19(12)8-13(14)20-7-11-10(15(18)20)3-2-5-17-11;1-18-13-9-19-6-5-16-7-12(19)14(13)20-8-11-10(15(18)20)3-2-4-17-11;2*1-2-9-10(16-3-1)7-18-13-11-6-15-4-5-17(11)8-12(13)19-14(9)18/h1-11,13H,12H2;2-6,8-9H,7H2,1H3;2-7,9H,8H2,1H3;2*1-6,8H,7H2/q5*+1/i;1D3;;;. The van der Waals surface area contributed by atoms with Crippen molar-refractivity contribution < 1.29 is 31.4 Å². The fraction of sp³-hybridized carbons (Fsp3) is 0.0897. The van der Waals surface area contributed by atoms with Crippen molar-refractivity contribution in [1.29, 1.82) is 0 Å². The quantitative estimate of drug-likeness (QED) is 0.142. The summed E-state index contributed by atoms with van der Waals surface area (Å²) in [6.07, 6.45) is 45.7. The van der Waals surface area contributed by atoms with Crippen LogP contribution >= 0.6 is 11.3 Å². The van der Waals surface area contributed by atoms with E-state index in [9.17, 15) is 0 Å². The summed E-state index contributed by atoms with van der Waals surface area (Å²) in [5, 5.41) is 1.31. The molecule has 0 saturated carbocycles. The van der Waals surface area contributed by atoms with Crippen molar-refractivity contribution in [3.8, 4) is 61.9 Å². The summed E-state index contributed by atoms with van der Waals surface area (Å²) in [6, 6.07) is 32.6. The molecule has 103 heavy (non-hydrogen) atoms. The number of aromatic nitrogens is 23. The first-order chi connectivity index (χ1) is 52.1. The predicted octanol–water partition coefficient (Wildman–Crippen LogP) is 10.1. The minimum absolute atomic E-state index is 0.579. The van der Waals surface area contributed by atoms with Crippen LogP contribution in [0.4, 0.5) is 0 Å². The molecule has 20 aromatic heterocycles. The van der Waals surface area contributed by atoms with E-state index < -0.39 is 6.98 Å². The van der Waals surface area contributed by atoms with Crippen molar-refractivity contribution in [3.05, 3.63) is 274 Å². The number of aryl methyl sites for hydroxylation is 2. The van der Waals surface area contributed by atoms with Crippen LogP contribution in [0, 0.1) is 0 Å². The molecule has 0 N–H and O–H groups in total. The Morgan fingerprint density at radius 1 is 0.408 bits per heavy atom. The van der Waals surface area contributed by atoms with Crippen LogP contribution in [0.25, 0.3) is 144 Å². The van der Waals surface area contributed by atoms with Crippen LogP contribution in [0.5, 0.6) is 0 Å². The number of thiazole rings is 1. The van der Waals surface area contributed by atoms with E-state index in [-0.39, 0.29) is 0 Å². The summed E-state index contributed by atoms with van der Waals surface area (Å²) < 4.78 is 59.0. The Bertz CT molecular complexity index is 7090. The van der Waals surface area contributed by atoms with E-state index in [0.717, 1.165) is 116 Å². The Morgan fingerprint density at radius 2 is 0.932 bits per heavy atom. The van der Waals surface area contributed by atoms with Crippen molar-refractivity contribution in [2.45, 2.75) is 32.7 Å². The molecule has 0 amide bonds. The fourth-order valence-electron chi connectivity index (χ4n) is 16.1. The summed E-state index contributed by atoms with van der Waals surface area (Å²) in [5.41, 5.74) is 27.2. The second-order valence-electron chi connectivity index (χ2n) is 25.9. The van der Waals surface area contributed by atoms with Crippen molar-refractivity contribution in [2.24, 2.45) is 14.0 Å². The van der Waals surface area contributed by atoms with E-state index in [2.05, 4.69) is 165 Å². The molecule has 0 fully saturated rings. The molecule has 25 heteroatoms. The molecular weight excluding hydrogens is 1310 g/mol. The molecule has 26 rings (SSSR count). The number of imidazole rings is 3. The van der Waals surface area contributed by atoms with E-state index >= 15 is 0 Å². The zero-order chi connectivity index (χ0) is 70.2. The largest absolute Gasteiger partial charge is 0.396 e. The highest BCUT2D eigenvalue weighted by Gasteiger charge is 2.41. The zero-order valence-corrected chi connectivity index (χ0v) is 55.5. The molecule has 21 aromatic rings. The first kappa shape index (κ1) is 54.1. The minimum atomic E-state index is -2.28. The molecule has 0 radical (unpaired) electrons. The van der Waals surface area contributed by atoms with Gasteiger partial charge in [-0.05, 0) is 78.9 Å². The number of fused-ring (bicyclic) bond motifs is 35. The lowest BCUT2D eigenvalue weighted by Crippen LogP contribution is -2.31. The van der Waals surface area contributed by atoms with Crippen molar-refractivity contribution in [1.82, 2.24) is 85.5 Å². The number of pyridine rings is 5. The van der Waals surface area contributed by atoms with Gasteiger partial charge in [-0.1, -0.05) is 29.5 Å². The Balaban J connectivity index is 0.0000000830. The van der Waals surface area contributed by atoms with E-state index in [1.54, 1.807) is 24.9 Å². The normalized spacial score (nSPS) is 13.5. The molecule has 0 bridgehead atoms. The van der Waals surface area contributed by atoms with Gasteiger partial charge in [-0.2, -0.15) is 9.13 Å². The molecule has 0 spiro atoms. The number of nitrogens with zero attached hydrogens (tertiary/aromatic N) is 23. The molecule has 5 aliphatic heterocycles. The number of para-hydroxylation sites is 1. The first-order valence-electron chi connectivity index (χ1n) is 35.1. The first-order valence-corrected chi connectivity index (χ1v) is 34.4. The SMILES string of the molecule is Cn1c2[n+](c3c1cn1ccncc31)Cc1ncccc1-2.[2H]C([2H])([2H])[n+]1c2n(c3cn4cnccc4c31)Cc1ncccc1-2.c1ccc(-n2c3[n+](c4c2cn2ccncc42)Cc2ncccc2-3)cc1.c1cnc2c(c1)-c1oc3cn4ccncc4c3[n+]1C2.c1cnc2c(c1)-c1sc3cn4ccncc4c3[n+]1C2. The molecule has 24 nitrogen and oxygen atoms in total. The molecule has 0 saturated heterocycles. The van der Waals surface area contributed by atoms with Crippen LogP contribution in [0.1, 0.15) is 32.6 Å².